The molecule has 3 aromatic rings. The van der Waals surface area contributed by atoms with Gasteiger partial charge in [0.25, 0.3) is 0 Å². The predicted octanol–water partition coefficient (Wildman–Crippen LogP) is 3.58. The van der Waals surface area contributed by atoms with Crippen molar-refractivity contribution in [3.63, 3.8) is 0 Å². The average molecular weight is 311 g/mol. The molecule has 0 saturated heterocycles. The first-order valence-corrected chi connectivity index (χ1v) is 8.07. The van der Waals surface area contributed by atoms with E-state index in [1.54, 1.807) is 18.2 Å². The van der Waals surface area contributed by atoms with E-state index >= 15 is 0 Å². The average Bonchev–Trinajstić information content (AvgIpc) is 2.56. The van der Waals surface area contributed by atoms with Crippen LogP contribution in [-0.2, 0) is 14.4 Å². The van der Waals surface area contributed by atoms with E-state index in [2.05, 4.69) is 5.16 Å². The van der Waals surface area contributed by atoms with Gasteiger partial charge >= 0.3 is 10.1 Å². The largest absolute Gasteiger partial charge is 0.358 e. The molecule has 0 atom stereocenters. The summed E-state index contributed by atoms with van der Waals surface area (Å²) in [7, 11) is -3.88. The molecular weight excluding hydrogens is 298 g/mol. The summed E-state index contributed by atoms with van der Waals surface area (Å²) in [4.78, 5) is 0.0741. The fraction of sp³-hybridized carbons (Fsp3) is 0. The number of fused-ring (bicyclic) bond motifs is 1. The molecule has 0 aliphatic carbocycles. The highest BCUT2D eigenvalue weighted by atomic mass is 32.2. The van der Waals surface area contributed by atoms with Crippen molar-refractivity contribution in [2.24, 2.45) is 5.16 Å². The predicted molar refractivity (Wildman–Crippen MR) is 86.3 cm³/mol. The monoisotopic (exact) mass is 311 g/mol. The quantitative estimate of drug-likeness (QED) is 0.546. The third-order valence-corrected chi connectivity index (χ3v) is 4.32. The van der Waals surface area contributed by atoms with Crippen LogP contribution >= 0.6 is 0 Å². The molecule has 3 aromatic carbocycles. The zero-order valence-corrected chi connectivity index (χ0v) is 12.4. The minimum Gasteiger partial charge on any atom is -0.265 e. The molecule has 5 heteroatoms. The minimum atomic E-state index is -3.88. The number of rotatable bonds is 4. The maximum absolute atomic E-state index is 12.0. The van der Waals surface area contributed by atoms with E-state index in [4.69, 9.17) is 4.28 Å². The molecule has 0 N–H and O–H groups in total. The fourth-order valence-electron chi connectivity index (χ4n) is 2.13. The van der Waals surface area contributed by atoms with Crippen LogP contribution in [0.4, 0.5) is 0 Å². The van der Waals surface area contributed by atoms with Crippen LogP contribution in [0.2, 0.25) is 0 Å². The van der Waals surface area contributed by atoms with Crippen molar-refractivity contribution in [2.75, 3.05) is 0 Å². The molecule has 0 aromatic heterocycles. The van der Waals surface area contributed by atoms with Crippen molar-refractivity contribution >= 4 is 27.1 Å². The lowest BCUT2D eigenvalue weighted by Crippen LogP contribution is -2.02. The van der Waals surface area contributed by atoms with Gasteiger partial charge in [0.15, 0.2) is 0 Å². The van der Waals surface area contributed by atoms with Crippen LogP contribution in [-0.4, -0.2) is 14.6 Å². The van der Waals surface area contributed by atoms with Gasteiger partial charge in [0.1, 0.15) is 4.90 Å². The molecule has 0 radical (unpaired) electrons. The van der Waals surface area contributed by atoms with Crippen LogP contribution in [0.15, 0.2) is 82.8 Å². The molecule has 0 aliphatic rings. The molecule has 0 fully saturated rings. The summed E-state index contributed by atoms with van der Waals surface area (Å²) >= 11 is 0. The molecule has 0 spiro atoms. The molecule has 0 heterocycles. The van der Waals surface area contributed by atoms with Crippen LogP contribution in [0.5, 0.6) is 0 Å². The van der Waals surface area contributed by atoms with E-state index in [1.165, 1.54) is 18.3 Å². The zero-order valence-electron chi connectivity index (χ0n) is 11.6. The summed E-state index contributed by atoms with van der Waals surface area (Å²) in [6, 6.07) is 21.4. The Labute approximate surface area is 128 Å². The van der Waals surface area contributed by atoms with Crippen molar-refractivity contribution in [3.05, 3.63) is 78.4 Å². The Balaban J connectivity index is 1.85. The third-order valence-electron chi connectivity index (χ3n) is 3.19. The van der Waals surface area contributed by atoms with Gasteiger partial charge in [-0.25, -0.2) is 0 Å². The molecule has 110 valence electrons. The Bertz CT molecular complexity index is 914. The van der Waals surface area contributed by atoms with Gasteiger partial charge in [0.05, 0.1) is 6.21 Å². The second kappa shape index (κ2) is 5.99. The Morgan fingerprint density at radius 3 is 2.32 bits per heavy atom. The summed E-state index contributed by atoms with van der Waals surface area (Å²) < 4.78 is 28.6. The molecule has 0 bridgehead atoms. The normalized spacial score (nSPS) is 11.8. The van der Waals surface area contributed by atoms with E-state index < -0.39 is 10.1 Å². The molecule has 3 rings (SSSR count). The van der Waals surface area contributed by atoms with Crippen molar-refractivity contribution in [3.8, 4) is 0 Å². The van der Waals surface area contributed by atoms with Gasteiger partial charge in [-0.3, -0.25) is 4.28 Å². The first kappa shape index (κ1) is 14.3. The number of hydrogen-bond acceptors (Lipinski definition) is 4. The van der Waals surface area contributed by atoms with E-state index in [1.807, 2.05) is 42.5 Å². The number of hydrogen-bond donors (Lipinski definition) is 0. The molecular formula is C17H13NO3S. The lowest BCUT2D eigenvalue weighted by molar-refractivity contribution is 0.341. The zero-order chi connectivity index (χ0) is 15.4. The highest BCUT2D eigenvalue weighted by molar-refractivity contribution is 7.86. The Kier molecular flexibility index (Phi) is 3.89. The van der Waals surface area contributed by atoms with E-state index in [9.17, 15) is 8.42 Å². The van der Waals surface area contributed by atoms with Crippen molar-refractivity contribution in [1.82, 2.24) is 0 Å². The van der Waals surface area contributed by atoms with E-state index in [-0.39, 0.29) is 4.90 Å². The summed E-state index contributed by atoms with van der Waals surface area (Å²) in [5, 5.41) is 5.66. The lowest BCUT2D eigenvalue weighted by Gasteiger charge is -2.02. The summed E-state index contributed by atoms with van der Waals surface area (Å²) in [5.74, 6) is 0. The lowest BCUT2D eigenvalue weighted by atomic mass is 10.1. The van der Waals surface area contributed by atoms with Crippen LogP contribution < -0.4 is 0 Å². The van der Waals surface area contributed by atoms with E-state index in [0.29, 0.717) is 0 Å². The van der Waals surface area contributed by atoms with Gasteiger partial charge in [-0.05, 0) is 22.9 Å². The maximum atomic E-state index is 12.0. The van der Waals surface area contributed by atoms with Gasteiger partial charge < -0.3 is 0 Å². The van der Waals surface area contributed by atoms with Crippen LogP contribution in [0.3, 0.4) is 0 Å². The second-order valence-electron chi connectivity index (χ2n) is 4.64. The van der Waals surface area contributed by atoms with Crippen molar-refractivity contribution in [2.45, 2.75) is 4.90 Å². The van der Waals surface area contributed by atoms with Gasteiger partial charge in [-0.15, -0.1) is 0 Å². The van der Waals surface area contributed by atoms with Crippen LogP contribution in [0.1, 0.15) is 5.56 Å². The molecule has 4 nitrogen and oxygen atoms in total. The fourth-order valence-corrected chi connectivity index (χ4v) is 2.86. The topological polar surface area (TPSA) is 55.7 Å². The molecule has 0 aliphatic heterocycles. The molecule has 0 saturated carbocycles. The number of benzene rings is 3. The first-order valence-electron chi connectivity index (χ1n) is 6.67. The Morgan fingerprint density at radius 2 is 1.50 bits per heavy atom. The Morgan fingerprint density at radius 1 is 0.818 bits per heavy atom. The van der Waals surface area contributed by atoms with Gasteiger partial charge in [-0.2, -0.15) is 8.42 Å². The first-order chi connectivity index (χ1) is 10.7. The van der Waals surface area contributed by atoms with Crippen molar-refractivity contribution in [1.29, 1.82) is 0 Å². The minimum absolute atomic E-state index is 0.0741. The maximum Gasteiger partial charge on any atom is 0.358 e. The summed E-state index contributed by atoms with van der Waals surface area (Å²) in [6.07, 6.45) is 1.41. The summed E-state index contributed by atoms with van der Waals surface area (Å²) in [6.45, 7) is 0. The van der Waals surface area contributed by atoms with Gasteiger partial charge in [0, 0.05) is 5.56 Å². The standard InChI is InChI=1S/C17H13NO3S/c19-22(20,16-10-2-1-3-11-16)21-18-13-15-9-6-8-14-7-4-5-12-17(14)15/h1-13H. The SMILES string of the molecule is O=S(=O)(ON=Cc1cccc2ccccc12)c1ccccc1. The van der Waals surface area contributed by atoms with Gasteiger partial charge in [-0.1, -0.05) is 65.8 Å². The van der Waals surface area contributed by atoms with Crippen LogP contribution in [0, 0.1) is 0 Å². The number of oxime groups is 1. The number of nitrogens with zero attached hydrogens (tertiary/aromatic N) is 1. The smallest absolute Gasteiger partial charge is 0.265 e. The molecule has 0 amide bonds. The highest BCUT2D eigenvalue weighted by Gasteiger charge is 2.14. The Hall–Kier alpha value is -2.66. The highest BCUT2D eigenvalue weighted by Crippen LogP contribution is 2.17. The van der Waals surface area contributed by atoms with Crippen LogP contribution in [0.25, 0.3) is 10.8 Å². The van der Waals surface area contributed by atoms with Crippen molar-refractivity contribution < 1.29 is 12.7 Å². The molecule has 22 heavy (non-hydrogen) atoms. The van der Waals surface area contributed by atoms with E-state index in [0.717, 1.165) is 16.3 Å². The van der Waals surface area contributed by atoms with Gasteiger partial charge in [0.2, 0.25) is 0 Å². The third kappa shape index (κ3) is 2.99. The molecule has 0 unspecified atom stereocenters. The summed E-state index contributed by atoms with van der Waals surface area (Å²) in [5.41, 5.74) is 0.793. The second-order valence-corrected chi connectivity index (χ2v) is 6.17.